The molecule has 0 aliphatic rings. The summed E-state index contributed by atoms with van der Waals surface area (Å²) in [5.41, 5.74) is 0.590. The van der Waals surface area contributed by atoms with Crippen LogP contribution in [0.4, 0.5) is 13.2 Å². The van der Waals surface area contributed by atoms with Crippen molar-refractivity contribution < 1.29 is 32.5 Å². The lowest BCUT2D eigenvalue weighted by molar-refractivity contribution is -0.174. The molecule has 0 radical (unpaired) electrons. The molecule has 1 N–H and O–H groups in total. The normalized spacial score (nSPS) is 13.0. The van der Waals surface area contributed by atoms with E-state index in [0.29, 0.717) is 23.5 Å². The van der Waals surface area contributed by atoms with Crippen molar-refractivity contribution >= 4 is 0 Å². The largest absolute Gasteiger partial charge is 0.497 e. The minimum Gasteiger partial charge on any atom is -0.497 e. The fraction of sp³-hybridized carbons (Fsp3) is 0.571. The fourth-order valence-electron chi connectivity index (χ4n) is 1.64. The van der Waals surface area contributed by atoms with E-state index in [0.717, 1.165) is 0 Å². The summed E-state index contributed by atoms with van der Waals surface area (Å²) in [5, 5.41) is 9.63. The first kappa shape index (κ1) is 17.6. The Hall–Kier alpha value is -1.47. The monoisotopic (exact) mass is 308 g/mol. The number of methoxy groups -OCH3 is 1. The molecule has 0 fully saturated rings. The number of aliphatic hydroxyl groups is 1. The van der Waals surface area contributed by atoms with Gasteiger partial charge >= 0.3 is 6.18 Å². The highest BCUT2D eigenvalue weighted by Crippen LogP contribution is 2.29. The maximum absolute atomic E-state index is 11.9. The Bertz CT molecular complexity index is 433. The van der Waals surface area contributed by atoms with Crippen molar-refractivity contribution in [3.63, 3.8) is 0 Å². The van der Waals surface area contributed by atoms with E-state index in [4.69, 9.17) is 9.47 Å². The van der Waals surface area contributed by atoms with Gasteiger partial charge < -0.3 is 19.3 Å². The van der Waals surface area contributed by atoms with Crippen LogP contribution >= 0.6 is 0 Å². The Morgan fingerprint density at radius 3 is 2.52 bits per heavy atom. The zero-order valence-corrected chi connectivity index (χ0v) is 11.9. The SMILES string of the molecule is COc1ccc([C@@H](C)O)c(OCCCOCC(F)(F)F)c1. The van der Waals surface area contributed by atoms with Crippen LogP contribution in [0.1, 0.15) is 25.0 Å². The van der Waals surface area contributed by atoms with E-state index in [1.807, 2.05) is 0 Å². The summed E-state index contributed by atoms with van der Waals surface area (Å²) in [7, 11) is 1.51. The summed E-state index contributed by atoms with van der Waals surface area (Å²) in [6.07, 6.45) is -4.72. The van der Waals surface area contributed by atoms with Crippen molar-refractivity contribution in [1.82, 2.24) is 0 Å². The van der Waals surface area contributed by atoms with E-state index in [2.05, 4.69) is 4.74 Å². The Labute approximate surface area is 121 Å². The van der Waals surface area contributed by atoms with Gasteiger partial charge in [-0.15, -0.1) is 0 Å². The first-order chi connectivity index (χ1) is 9.83. The lowest BCUT2D eigenvalue weighted by Gasteiger charge is -2.15. The zero-order chi connectivity index (χ0) is 15.9. The van der Waals surface area contributed by atoms with Crippen molar-refractivity contribution in [2.45, 2.75) is 25.6 Å². The molecule has 1 aromatic rings. The van der Waals surface area contributed by atoms with E-state index in [1.54, 1.807) is 25.1 Å². The molecule has 120 valence electrons. The predicted octanol–water partition coefficient (Wildman–Crippen LogP) is 3.10. The Kier molecular flexibility index (Phi) is 6.77. The second-order valence-electron chi connectivity index (χ2n) is 4.45. The van der Waals surface area contributed by atoms with Crippen molar-refractivity contribution in [3.05, 3.63) is 23.8 Å². The molecule has 1 rings (SSSR count). The standard InChI is InChI=1S/C14H19F3O4/c1-10(18)12-5-4-11(19-2)8-13(12)21-7-3-6-20-9-14(15,16)17/h4-5,8,10,18H,3,6-7,9H2,1-2H3/t10-/m1/s1. The molecule has 0 saturated heterocycles. The summed E-state index contributed by atoms with van der Waals surface area (Å²) in [5.74, 6) is 1.02. The van der Waals surface area contributed by atoms with E-state index in [-0.39, 0.29) is 13.2 Å². The molecule has 0 aromatic heterocycles. The van der Waals surface area contributed by atoms with Crippen LogP contribution in [0, 0.1) is 0 Å². The maximum atomic E-state index is 11.9. The lowest BCUT2D eigenvalue weighted by atomic mass is 10.1. The van der Waals surface area contributed by atoms with Crippen LogP contribution in [0.15, 0.2) is 18.2 Å². The number of rotatable bonds is 8. The van der Waals surface area contributed by atoms with Gasteiger partial charge in [0.05, 0.1) is 26.4 Å². The molecule has 0 spiro atoms. The molecule has 0 saturated carbocycles. The van der Waals surface area contributed by atoms with Crippen LogP contribution in [0.3, 0.4) is 0 Å². The highest BCUT2D eigenvalue weighted by atomic mass is 19.4. The first-order valence-corrected chi connectivity index (χ1v) is 6.47. The topological polar surface area (TPSA) is 47.9 Å². The minimum atomic E-state index is -4.31. The molecule has 1 aromatic carbocycles. The van der Waals surface area contributed by atoms with Crippen molar-refractivity contribution in [2.24, 2.45) is 0 Å². The molecular weight excluding hydrogens is 289 g/mol. The smallest absolute Gasteiger partial charge is 0.411 e. The van der Waals surface area contributed by atoms with Crippen molar-refractivity contribution in [1.29, 1.82) is 0 Å². The molecule has 0 unspecified atom stereocenters. The second-order valence-corrected chi connectivity index (χ2v) is 4.45. The molecule has 21 heavy (non-hydrogen) atoms. The summed E-state index contributed by atoms with van der Waals surface area (Å²) < 4.78 is 50.6. The van der Waals surface area contributed by atoms with Crippen LogP contribution in [-0.4, -0.2) is 38.2 Å². The third kappa shape index (κ3) is 6.68. The summed E-state index contributed by atoms with van der Waals surface area (Å²) in [6, 6.07) is 5.00. The maximum Gasteiger partial charge on any atom is 0.411 e. The highest BCUT2D eigenvalue weighted by Gasteiger charge is 2.27. The average molecular weight is 308 g/mol. The number of aliphatic hydroxyl groups excluding tert-OH is 1. The quantitative estimate of drug-likeness (QED) is 0.750. The number of ether oxygens (including phenoxy) is 3. The molecule has 0 aliphatic heterocycles. The van der Waals surface area contributed by atoms with E-state index >= 15 is 0 Å². The van der Waals surface area contributed by atoms with Crippen molar-refractivity contribution in [2.75, 3.05) is 26.9 Å². The van der Waals surface area contributed by atoms with Gasteiger partial charge in [0.25, 0.3) is 0 Å². The van der Waals surface area contributed by atoms with Gasteiger partial charge in [-0.1, -0.05) is 0 Å². The zero-order valence-electron chi connectivity index (χ0n) is 11.9. The molecule has 0 amide bonds. The average Bonchev–Trinajstić information content (AvgIpc) is 2.41. The lowest BCUT2D eigenvalue weighted by Crippen LogP contribution is -2.18. The highest BCUT2D eigenvalue weighted by molar-refractivity contribution is 5.41. The molecular formula is C14H19F3O4. The molecule has 7 heteroatoms. The van der Waals surface area contributed by atoms with Crippen LogP contribution < -0.4 is 9.47 Å². The fourth-order valence-corrected chi connectivity index (χ4v) is 1.64. The molecule has 0 bridgehead atoms. The number of hydrogen-bond acceptors (Lipinski definition) is 4. The molecule has 4 nitrogen and oxygen atoms in total. The van der Waals surface area contributed by atoms with E-state index < -0.39 is 18.9 Å². The summed E-state index contributed by atoms with van der Waals surface area (Å²) in [6.45, 7) is 0.477. The molecule has 1 atom stereocenters. The van der Waals surface area contributed by atoms with Crippen LogP contribution in [0.25, 0.3) is 0 Å². The van der Waals surface area contributed by atoms with E-state index in [1.165, 1.54) is 7.11 Å². The van der Waals surface area contributed by atoms with Gasteiger partial charge in [0.15, 0.2) is 0 Å². The van der Waals surface area contributed by atoms with Gasteiger partial charge in [-0.3, -0.25) is 0 Å². The van der Waals surface area contributed by atoms with Gasteiger partial charge in [-0.25, -0.2) is 0 Å². The third-order valence-electron chi connectivity index (χ3n) is 2.63. The molecule has 0 heterocycles. The van der Waals surface area contributed by atoms with Gasteiger partial charge in [-0.2, -0.15) is 13.2 Å². The first-order valence-electron chi connectivity index (χ1n) is 6.47. The predicted molar refractivity (Wildman–Crippen MR) is 70.6 cm³/mol. The van der Waals surface area contributed by atoms with Gasteiger partial charge in [0, 0.05) is 18.1 Å². The van der Waals surface area contributed by atoms with Gasteiger partial charge in [0.2, 0.25) is 0 Å². The minimum absolute atomic E-state index is 0.0481. The van der Waals surface area contributed by atoms with Crippen LogP contribution in [0.5, 0.6) is 11.5 Å². The Balaban J connectivity index is 2.43. The number of benzene rings is 1. The van der Waals surface area contributed by atoms with E-state index in [9.17, 15) is 18.3 Å². The van der Waals surface area contributed by atoms with Gasteiger partial charge in [0.1, 0.15) is 18.1 Å². The number of halogens is 3. The van der Waals surface area contributed by atoms with Gasteiger partial charge in [-0.05, 0) is 19.1 Å². The number of hydrogen-bond donors (Lipinski definition) is 1. The Morgan fingerprint density at radius 2 is 1.95 bits per heavy atom. The third-order valence-corrected chi connectivity index (χ3v) is 2.63. The van der Waals surface area contributed by atoms with Crippen molar-refractivity contribution in [3.8, 4) is 11.5 Å². The van der Waals surface area contributed by atoms with Crippen LogP contribution in [0.2, 0.25) is 0 Å². The summed E-state index contributed by atoms with van der Waals surface area (Å²) >= 11 is 0. The Morgan fingerprint density at radius 1 is 1.24 bits per heavy atom. The molecule has 0 aliphatic carbocycles. The van der Waals surface area contributed by atoms with Crippen LogP contribution in [-0.2, 0) is 4.74 Å². The second kappa shape index (κ2) is 8.09. The summed E-state index contributed by atoms with van der Waals surface area (Å²) in [4.78, 5) is 0. The number of alkyl halides is 3.